The van der Waals surface area contributed by atoms with Crippen LogP contribution in [0.2, 0.25) is 0 Å². The first kappa shape index (κ1) is 25.6. The minimum atomic E-state index is -0.170. The summed E-state index contributed by atoms with van der Waals surface area (Å²) in [5.74, 6) is 0.755. The molecule has 0 unspecified atom stereocenters. The molecule has 1 N–H and O–H groups in total. The Morgan fingerprint density at radius 3 is 2.74 bits per heavy atom. The number of rotatable bonds is 6. The molecule has 10 nitrogen and oxygen atoms in total. The lowest BCUT2D eigenvalue weighted by atomic mass is 10.0. The molecule has 0 radical (unpaired) electrons. The molecule has 39 heavy (non-hydrogen) atoms. The number of likely N-dealkylation sites (tertiary alicyclic amines) is 1. The maximum Gasteiger partial charge on any atom is 0.349 e. The molecule has 0 spiro atoms. The number of H-pyrrole nitrogens is 1. The highest BCUT2D eigenvalue weighted by atomic mass is 16.2. The second-order valence-electron chi connectivity index (χ2n) is 10.9. The van der Waals surface area contributed by atoms with Gasteiger partial charge in [0.15, 0.2) is 0 Å². The number of nitrogens with one attached hydrogen (secondary N) is 1. The average Bonchev–Trinajstić information content (AvgIpc) is 3.63. The van der Waals surface area contributed by atoms with Crippen LogP contribution in [0.25, 0.3) is 10.9 Å². The minimum Gasteiger partial charge on any atom is -0.365 e. The standard InChI is InChI=1S/C29H38N8O2/c1-4-26(38)34-13-15-35(16-14-34)28-22-10-12-36(27-20(3)8-9-24-23(27)17-30-32-24)19-25(22)37(29(39)31-28)18-21-7-6-11-33(21)5-2/h4,8-9,17,21H,1,5-7,10-16,18-19H2,2-3H3,(H,30,32)/t21-/m0/s1. The van der Waals surface area contributed by atoms with Gasteiger partial charge in [0.25, 0.3) is 0 Å². The van der Waals surface area contributed by atoms with Gasteiger partial charge in [-0.3, -0.25) is 19.4 Å². The SMILES string of the molecule is C=CC(=O)N1CCN(c2nc(=O)n(C[C@@H]3CCCN3CC)c3c2CCN(c2c(C)ccc4[nH]ncc24)C3)CC1. The normalized spacial score (nSPS) is 20.1. The van der Waals surface area contributed by atoms with Gasteiger partial charge in [0, 0.05) is 62.0 Å². The van der Waals surface area contributed by atoms with Crippen LogP contribution in [0.3, 0.4) is 0 Å². The van der Waals surface area contributed by atoms with Crippen LogP contribution in [0.5, 0.6) is 0 Å². The van der Waals surface area contributed by atoms with Crippen molar-refractivity contribution in [1.29, 1.82) is 0 Å². The number of aromatic nitrogens is 4. The van der Waals surface area contributed by atoms with Gasteiger partial charge in [-0.05, 0) is 57.0 Å². The molecule has 0 saturated carbocycles. The van der Waals surface area contributed by atoms with Gasteiger partial charge >= 0.3 is 5.69 Å². The molecule has 5 heterocycles. The van der Waals surface area contributed by atoms with E-state index in [0.717, 1.165) is 54.9 Å². The molecular weight excluding hydrogens is 492 g/mol. The lowest BCUT2D eigenvalue weighted by Gasteiger charge is -2.39. The topological polar surface area (TPSA) is 93.6 Å². The first-order valence-corrected chi connectivity index (χ1v) is 14.2. The fraction of sp³-hybridized carbons (Fsp3) is 0.517. The van der Waals surface area contributed by atoms with Gasteiger partial charge in [0.05, 0.1) is 23.9 Å². The van der Waals surface area contributed by atoms with E-state index in [-0.39, 0.29) is 11.6 Å². The van der Waals surface area contributed by atoms with E-state index in [1.165, 1.54) is 29.3 Å². The number of benzene rings is 1. The van der Waals surface area contributed by atoms with Gasteiger partial charge in [-0.1, -0.05) is 19.6 Å². The summed E-state index contributed by atoms with van der Waals surface area (Å²) >= 11 is 0. The van der Waals surface area contributed by atoms with Crippen LogP contribution in [-0.2, 0) is 24.3 Å². The van der Waals surface area contributed by atoms with E-state index in [1.54, 1.807) is 0 Å². The first-order chi connectivity index (χ1) is 19.0. The van der Waals surface area contributed by atoms with E-state index < -0.39 is 0 Å². The molecule has 3 aliphatic rings. The highest BCUT2D eigenvalue weighted by molar-refractivity contribution is 5.93. The number of likely N-dealkylation sites (N-methyl/N-ethyl adjacent to an activating group) is 1. The Balaban J connectivity index is 1.39. The molecular formula is C29H38N8O2. The van der Waals surface area contributed by atoms with Gasteiger partial charge in [-0.2, -0.15) is 10.1 Å². The number of piperazine rings is 1. The Labute approximate surface area is 228 Å². The van der Waals surface area contributed by atoms with Gasteiger partial charge in [-0.25, -0.2) is 4.79 Å². The Bertz CT molecular complexity index is 1450. The number of hydrogen-bond donors (Lipinski definition) is 1. The van der Waals surface area contributed by atoms with Crippen LogP contribution in [0.1, 0.15) is 36.6 Å². The van der Waals surface area contributed by atoms with E-state index in [9.17, 15) is 9.59 Å². The Hall–Kier alpha value is -3.66. The largest absolute Gasteiger partial charge is 0.365 e. The van der Waals surface area contributed by atoms with Gasteiger partial charge in [0.2, 0.25) is 5.91 Å². The zero-order chi connectivity index (χ0) is 27.1. The second kappa shape index (κ2) is 10.5. The van der Waals surface area contributed by atoms with Crippen molar-refractivity contribution >= 4 is 28.3 Å². The molecule has 2 aromatic heterocycles. The van der Waals surface area contributed by atoms with Gasteiger partial charge in [-0.15, -0.1) is 0 Å². The van der Waals surface area contributed by atoms with Crippen molar-refractivity contribution in [3.8, 4) is 0 Å². The fourth-order valence-electron chi connectivity index (χ4n) is 6.74. The minimum absolute atomic E-state index is 0.0449. The molecule has 2 saturated heterocycles. The number of nitrogens with zero attached hydrogens (tertiary/aromatic N) is 7. The molecule has 1 atom stereocenters. The lowest BCUT2D eigenvalue weighted by molar-refractivity contribution is -0.126. The summed E-state index contributed by atoms with van der Waals surface area (Å²) in [6.07, 6.45) is 6.35. The molecule has 10 heteroatoms. The number of aryl methyl sites for hydroxylation is 1. The van der Waals surface area contributed by atoms with Crippen molar-refractivity contribution in [1.82, 2.24) is 29.5 Å². The van der Waals surface area contributed by atoms with Crippen molar-refractivity contribution in [3.05, 3.63) is 58.3 Å². The Morgan fingerprint density at radius 2 is 1.97 bits per heavy atom. The predicted molar refractivity (Wildman–Crippen MR) is 153 cm³/mol. The van der Waals surface area contributed by atoms with Crippen LogP contribution >= 0.6 is 0 Å². The monoisotopic (exact) mass is 530 g/mol. The summed E-state index contributed by atoms with van der Waals surface area (Å²) in [6, 6.07) is 4.57. The maximum atomic E-state index is 13.7. The van der Waals surface area contributed by atoms with Crippen molar-refractivity contribution in [2.24, 2.45) is 0 Å². The molecule has 1 aromatic carbocycles. The summed E-state index contributed by atoms with van der Waals surface area (Å²) in [7, 11) is 0. The number of aromatic amines is 1. The molecule has 2 fully saturated rings. The number of hydrogen-bond acceptors (Lipinski definition) is 7. The van der Waals surface area contributed by atoms with Crippen LogP contribution < -0.4 is 15.5 Å². The Kier molecular flexibility index (Phi) is 6.88. The third kappa shape index (κ3) is 4.60. The van der Waals surface area contributed by atoms with E-state index in [2.05, 4.69) is 57.5 Å². The molecule has 0 bridgehead atoms. The number of anilines is 2. The van der Waals surface area contributed by atoms with Crippen molar-refractivity contribution in [2.45, 2.75) is 52.2 Å². The molecule has 0 aliphatic carbocycles. The van der Waals surface area contributed by atoms with Crippen LogP contribution in [0.4, 0.5) is 11.5 Å². The number of carbonyl (C=O) groups excluding carboxylic acids is 1. The van der Waals surface area contributed by atoms with E-state index >= 15 is 0 Å². The van der Waals surface area contributed by atoms with Crippen LogP contribution in [0.15, 0.2) is 35.8 Å². The van der Waals surface area contributed by atoms with Crippen molar-refractivity contribution < 1.29 is 4.79 Å². The number of fused-ring (bicyclic) bond motifs is 2. The zero-order valence-corrected chi connectivity index (χ0v) is 23.0. The summed E-state index contributed by atoms with van der Waals surface area (Å²) in [5.41, 5.74) is 5.47. The zero-order valence-electron chi connectivity index (χ0n) is 23.0. The van der Waals surface area contributed by atoms with Crippen LogP contribution in [-0.4, -0.2) is 87.3 Å². The predicted octanol–water partition coefficient (Wildman–Crippen LogP) is 2.31. The highest BCUT2D eigenvalue weighted by Gasteiger charge is 2.32. The van der Waals surface area contributed by atoms with E-state index in [0.29, 0.717) is 45.3 Å². The number of amides is 1. The molecule has 206 valence electrons. The summed E-state index contributed by atoms with van der Waals surface area (Å²) in [5, 5.41) is 8.51. The molecule has 3 aromatic rings. The second-order valence-corrected chi connectivity index (χ2v) is 10.9. The summed E-state index contributed by atoms with van der Waals surface area (Å²) in [6.45, 7) is 14.7. The third-order valence-electron chi connectivity index (χ3n) is 8.83. The fourth-order valence-corrected chi connectivity index (χ4v) is 6.74. The van der Waals surface area contributed by atoms with E-state index in [1.807, 2.05) is 15.7 Å². The highest BCUT2D eigenvalue weighted by Crippen LogP contribution is 2.35. The Morgan fingerprint density at radius 1 is 1.15 bits per heavy atom. The number of carbonyl (C=O) groups is 1. The van der Waals surface area contributed by atoms with E-state index in [4.69, 9.17) is 4.98 Å². The average molecular weight is 531 g/mol. The quantitative estimate of drug-likeness (QED) is 0.489. The smallest absolute Gasteiger partial charge is 0.349 e. The van der Waals surface area contributed by atoms with Crippen molar-refractivity contribution in [2.75, 3.05) is 55.6 Å². The summed E-state index contributed by atoms with van der Waals surface area (Å²) in [4.78, 5) is 39.5. The first-order valence-electron chi connectivity index (χ1n) is 14.2. The summed E-state index contributed by atoms with van der Waals surface area (Å²) < 4.78 is 1.96. The van der Waals surface area contributed by atoms with Gasteiger partial charge < -0.3 is 14.7 Å². The maximum absolute atomic E-state index is 13.7. The third-order valence-corrected chi connectivity index (χ3v) is 8.83. The van der Waals surface area contributed by atoms with Crippen molar-refractivity contribution in [3.63, 3.8) is 0 Å². The molecule has 1 amide bonds. The molecule has 3 aliphatic heterocycles. The van der Waals surface area contributed by atoms with Crippen LogP contribution in [0, 0.1) is 6.92 Å². The molecule has 6 rings (SSSR count). The lowest BCUT2D eigenvalue weighted by Crippen LogP contribution is -2.50. The van der Waals surface area contributed by atoms with Gasteiger partial charge in [0.1, 0.15) is 5.82 Å².